The van der Waals surface area contributed by atoms with Gasteiger partial charge in [-0.25, -0.2) is 0 Å². The van der Waals surface area contributed by atoms with E-state index in [1.54, 1.807) is 44.6 Å². The van der Waals surface area contributed by atoms with Crippen LogP contribution >= 0.6 is 0 Å². The fourth-order valence-corrected chi connectivity index (χ4v) is 2.51. The molecule has 0 spiro atoms. The number of nitrogens with zero attached hydrogens (tertiary/aromatic N) is 1. The number of hydrogen-bond acceptors (Lipinski definition) is 5. The number of carbonyl (C=O) groups is 1. The van der Waals surface area contributed by atoms with Crippen LogP contribution < -0.4 is 19.5 Å². The average Bonchev–Trinajstić information content (AvgIpc) is 2.67. The second-order valence-electron chi connectivity index (χ2n) is 5.49. The Morgan fingerprint density at radius 2 is 1.85 bits per heavy atom. The molecule has 1 unspecified atom stereocenters. The Kier molecular flexibility index (Phi) is 6.86. The Hall–Kier alpha value is -3.20. The molecular weight excluding hydrogens is 332 g/mol. The lowest BCUT2D eigenvalue weighted by Crippen LogP contribution is -2.23. The molecule has 1 atom stereocenters. The van der Waals surface area contributed by atoms with E-state index in [9.17, 15) is 10.1 Å². The predicted octanol–water partition coefficient (Wildman–Crippen LogP) is 3.42. The minimum Gasteiger partial charge on any atom is -0.493 e. The third-order valence-corrected chi connectivity index (χ3v) is 3.80. The third kappa shape index (κ3) is 4.67. The van der Waals surface area contributed by atoms with E-state index in [0.29, 0.717) is 29.5 Å². The summed E-state index contributed by atoms with van der Waals surface area (Å²) in [7, 11) is 3.10. The van der Waals surface area contributed by atoms with Gasteiger partial charge in [-0.2, -0.15) is 5.26 Å². The van der Waals surface area contributed by atoms with Crippen LogP contribution in [0.25, 0.3) is 0 Å². The summed E-state index contributed by atoms with van der Waals surface area (Å²) in [5.41, 5.74) is 1.36. The lowest BCUT2D eigenvalue weighted by molar-refractivity contribution is -0.118. The number of nitrogens with one attached hydrogen (secondary N) is 1. The van der Waals surface area contributed by atoms with Crippen molar-refractivity contribution in [2.45, 2.75) is 13.3 Å². The summed E-state index contributed by atoms with van der Waals surface area (Å²) in [5.74, 6) is 0.506. The largest absolute Gasteiger partial charge is 0.493 e. The normalized spacial score (nSPS) is 11.2. The number of rotatable bonds is 8. The Bertz CT molecular complexity index is 799. The number of ether oxygens (including phenoxy) is 3. The van der Waals surface area contributed by atoms with E-state index in [2.05, 4.69) is 11.4 Å². The van der Waals surface area contributed by atoms with Gasteiger partial charge in [-0.3, -0.25) is 4.79 Å². The summed E-state index contributed by atoms with van der Waals surface area (Å²) in [4.78, 5) is 12.5. The second-order valence-corrected chi connectivity index (χ2v) is 5.49. The van der Waals surface area contributed by atoms with E-state index < -0.39 is 5.92 Å². The van der Waals surface area contributed by atoms with E-state index in [-0.39, 0.29) is 12.3 Å². The molecule has 0 radical (unpaired) electrons. The maximum absolute atomic E-state index is 12.5. The minimum atomic E-state index is -0.845. The van der Waals surface area contributed by atoms with Crippen molar-refractivity contribution in [2.75, 3.05) is 26.1 Å². The number of benzene rings is 2. The number of anilines is 1. The van der Waals surface area contributed by atoms with Crippen molar-refractivity contribution in [3.8, 4) is 23.3 Å². The molecule has 0 fully saturated rings. The van der Waals surface area contributed by atoms with Crippen LogP contribution in [0.2, 0.25) is 0 Å². The Morgan fingerprint density at radius 3 is 2.50 bits per heavy atom. The van der Waals surface area contributed by atoms with Crippen LogP contribution in [-0.4, -0.2) is 26.7 Å². The van der Waals surface area contributed by atoms with Crippen LogP contribution in [0.5, 0.6) is 17.2 Å². The number of para-hydroxylation sites is 2. The summed E-state index contributed by atoms with van der Waals surface area (Å²) >= 11 is 0. The molecule has 6 nitrogen and oxygen atoms in total. The first-order chi connectivity index (χ1) is 12.6. The van der Waals surface area contributed by atoms with Gasteiger partial charge in [0.05, 0.1) is 32.6 Å². The molecule has 0 aliphatic heterocycles. The summed E-state index contributed by atoms with van der Waals surface area (Å²) in [6, 6.07) is 14.5. The van der Waals surface area contributed by atoms with Crippen molar-refractivity contribution in [3.63, 3.8) is 0 Å². The van der Waals surface area contributed by atoms with Gasteiger partial charge in [0.1, 0.15) is 11.7 Å². The highest BCUT2D eigenvalue weighted by atomic mass is 16.5. The van der Waals surface area contributed by atoms with E-state index in [1.165, 1.54) is 0 Å². The van der Waals surface area contributed by atoms with Crippen LogP contribution in [0.1, 0.15) is 12.5 Å². The molecular formula is C20H22N2O4. The van der Waals surface area contributed by atoms with Crippen molar-refractivity contribution in [3.05, 3.63) is 48.0 Å². The van der Waals surface area contributed by atoms with Gasteiger partial charge < -0.3 is 19.5 Å². The van der Waals surface area contributed by atoms with Gasteiger partial charge in [-0.1, -0.05) is 18.2 Å². The average molecular weight is 354 g/mol. The molecule has 26 heavy (non-hydrogen) atoms. The molecule has 6 heteroatoms. The first-order valence-corrected chi connectivity index (χ1v) is 8.26. The van der Waals surface area contributed by atoms with Crippen LogP contribution in [0.3, 0.4) is 0 Å². The predicted molar refractivity (Wildman–Crippen MR) is 98.6 cm³/mol. The van der Waals surface area contributed by atoms with Crippen LogP contribution in [0, 0.1) is 17.2 Å². The zero-order valence-corrected chi connectivity index (χ0v) is 15.1. The second kappa shape index (κ2) is 9.33. The highest BCUT2D eigenvalue weighted by molar-refractivity contribution is 5.95. The topological polar surface area (TPSA) is 80.6 Å². The van der Waals surface area contributed by atoms with E-state index in [0.717, 1.165) is 5.56 Å². The smallest absolute Gasteiger partial charge is 0.242 e. The van der Waals surface area contributed by atoms with E-state index in [4.69, 9.17) is 14.2 Å². The fraction of sp³-hybridized carbons (Fsp3) is 0.300. The Labute approximate surface area is 153 Å². The van der Waals surface area contributed by atoms with E-state index in [1.807, 2.05) is 19.1 Å². The highest BCUT2D eigenvalue weighted by Crippen LogP contribution is 2.29. The minimum absolute atomic E-state index is 0.263. The molecule has 0 saturated heterocycles. The first-order valence-electron chi connectivity index (χ1n) is 8.26. The van der Waals surface area contributed by atoms with Crippen molar-refractivity contribution in [1.82, 2.24) is 0 Å². The number of nitriles is 1. The van der Waals surface area contributed by atoms with Crippen molar-refractivity contribution >= 4 is 11.6 Å². The molecule has 0 saturated carbocycles. The number of carbonyl (C=O) groups excluding carboxylic acids is 1. The number of hydrogen-bond donors (Lipinski definition) is 1. The number of methoxy groups -OCH3 is 2. The summed E-state index contributed by atoms with van der Waals surface area (Å²) in [6.07, 6.45) is 0.263. The SMILES string of the molecule is CCOc1ccccc1NC(=O)C(C#N)Cc1ccc(OC)c(OC)c1. The fourth-order valence-electron chi connectivity index (χ4n) is 2.51. The van der Waals surface area contributed by atoms with Gasteiger partial charge in [0.2, 0.25) is 5.91 Å². The summed E-state index contributed by atoms with van der Waals surface area (Å²) in [6.45, 7) is 2.36. The molecule has 136 valence electrons. The van der Waals surface area contributed by atoms with Gasteiger partial charge in [0.25, 0.3) is 0 Å². The molecule has 2 aromatic rings. The van der Waals surface area contributed by atoms with Crippen LogP contribution in [0.4, 0.5) is 5.69 Å². The molecule has 1 amide bonds. The maximum Gasteiger partial charge on any atom is 0.242 e. The summed E-state index contributed by atoms with van der Waals surface area (Å²) in [5, 5.41) is 12.2. The first kappa shape index (κ1) is 19.1. The Morgan fingerprint density at radius 1 is 1.12 bits per heavy atom. The summed E-state index contributed by atoms with van der Waals surface area (Å²) < 4.78 is 16.0. The number of amides is 1. The molecule has 2 rings (SSSR count). The molecule has 0 heterocycles. The van der Waals surface area contributed by atoms with Crippen LogP contribution in [-0.2, 0) is 11.2 Å². The van der Waals surface area contributed by atoms with Crippen molar-refractivity contribution in [2.24, 2.45) is 5.92 Å². The zero-order valence-electron chi connectivity index (χ0n) is 15.1. The zero-order chi connectivity index (χ0) is 18.9. The molecule has 1 N–H and O–H groups in total. The van der Waals surface area contributed by atoms with Crippen LogP contribution in [0.15, 0.2) is 42.5 Å². The standard InChI is InChI=1S/C20H22N2O4/c1-4-26-17-8-6-5-7-16(17)22-20(23)15(13-21)11-14-9-10-18(24-2)19(12-14)25-3/h5-10,12,15H,4,11H2,1-3H3,(H,22,23). The monoisotopic (exact) mass is 354 g/mol. The third-order valence-electron chi connectivity index (χ3n) is 3.80. The van der Waals surface area contributed by atoms with Gasteiger partial charge >= 0.3 is 0 Å². The Balaban J connectivity index is 2.14. The molecule has 0 aromatic heterocycles. The van der Waals surface area contributed by atoms with Gasteiger partial charge in [-0.15, -0.1) is 0 Å². The van der Waals surface area contributed by atoms with Gasteiger partial charge in [-0.05, 0) is 43.2 Å². The van der Waals surface area contributed by atoms with Gasteiger partial charge in [0, 0.05) is 0 Å². The van der Waals surface area contributed by atoms with Gasteiger partial charge in [0.15, 0.2) is 11.5 Å². The molecule has 0 aliphatic carbocycles. The van der Waals surface area contributed by atoms with Crippen molar-refractivity contribution in [1.29, 1.82) is 5.26 Å². The molecule has 0 aliphatic rings. The quantitative estimate of drug-likeness (QED) is 0.785. The van der Waals surface area contributed by atoms with Crippen molar-refractivity contribution < 1.29 is 19.0 Å². The lowest BCUT2D eigenvalue weighted by atomic mass is 9.99. The maximum atomic E-state index is 12.5. The highest BCUT2D eigenvalue weighted by Gasteiger charge is 2.20. The van der Waals surface area contributed by atoms with E-state index >= 15 is 0 Å². The molecule has 0 bridgehead atoms. The molecule has 2 aromatic carbocycles. The lowest BCUT2D eigenvalue weighted by Gasteiger charge is -2.14.